The molecule has 0 atom stereocenters. The third-order valence-corrected chi connectivity index (χ3v) is 3.28. The van der Waals surface area contributed by atoms with E-state index < -0.39 is 11.8 Å². The molecule has 3 aromatic rings. The Morgan fingerprint density at radius 3 is 2.80 bits per heavy atom. The number of carbonyl (C=O) groups is 1. The Hall–Kier alpha value is -2.40. The number of imidazole rings is 1. The first-order valence-corrected chi connectivity index (χ1v) is 6.10. The van der Waals surface area contributed by atoms with E-state index in [1.165, 1.54) is 36.7 Å². The van der Waals surface area contributed by atoms with E-state index in [4.69, 9.17) is 16.7 Å². The molecule has 0 aliphatic heterocycles. The predicted molar refractivity (Wildman–Crippen MR) is 73.0 cm³/mol. The van der Waals surface area contributed by atoms with Crippen molar-refractivity contribution in [1.29, 1.82) is 0 Å². The van der Waals surface area contributed by atoms with Gasteiger partial charge in [0.05, 0.1) is 27.3 Å². The Morgan fingerprint density at radius 2 is 2.05 bits per heavy atom. The zero-order chi connectivity index (χ0) is 14.3. The van der Waals surface area contributed by atoms with Crippen LogP contribution in [-0.2, 0) is 0 Å². The summed E-state index contributed by atoms with van der Waals surface area (Å²) in [6.07, 6.45) is 1.48. The molecule has 2 aromatic carbocycles. The summed E-state index contributed by atoms with van der Waals surface area (Å²) in [5.74, 6) is -1.43. The SMILES string of the molecule is O=C(O)c1ccc2c(c1)ncn2-c1cc(F)ccc1Cl. The Morgan fingerprint density at radius 1 is 1.25 bits per heavy atom. The second-order valence-electron chi connectivity index (χ2n) is 4.22. The van der Waals surface area contributed by atoms with Crippen LogP contribution >= 0.6 is 11.6 Å². The third kappa shape index (κ3) is 2.02. The first kappa shape index (κ1) is 12.6. The summed E-state index contributed by atoms with van der Waals surface area (Å²) in [5.41, 5.74) is 1.76. The molecule has 20 heavy (non-hydrogen) atoms. The predicted octanol–water partition coefficient (Wildman–Crippen LogP) is 3.52. The van der Waals surface area contributed by atoms with Crippen molar-refractivity contribution >= 4 is 28.6 Å². The Kier molecular flexibility index (Phi) is 2.91. The Bertz CT molecular complexity index is 829. The van der Waals surface area contributed by atoms with E-state index in [-0.39, 0.29) is 5.56 Å². The molecule has 3 rings (SSSR count). The number of benzene rings is 2. The molecule has 0 aliphatic rings. The highest BCUT2D eigenvalue weighted by Crippen LogP contribution is 2.25. The summed E-state index contributed by atoms with van der Waals surface area (Å²) in [5, 5.41) is 9.33. The molecule has 0 unspecified atom stereocenters. The average molecular weight is 291 g/mol. The first-order chi connectivity index (χ1) is 9.56. The highest BCUT2D eigenvalue weighted by atomic mass is 35.5. The fraction of sp³-hybridized carbons (Fsp3) is 0. The standard InChI is InChI=1S/C14H8ClFN2O2/c15-10-3-2-9(16)6-13(10)18-7-17-11-5-8(14(19)20)1-4-12(11)18/h1-7H,(H,19,20). The number of carboxylic acid groups (broad SMARTS) is 1. The molecule has 4 nitrogen and oxygen atoms in total. The van der Waals surface area contributed by atoms with Crippen molar-refractivity contribution in [3.63, 3.8) is 0 Å². The maximum Gasteiger partial charge on any atom is 0.335 e. The highest BCUT2D eigenvalue weighted by Gasteiger charge is 2.11. The van der Waals surface area contributed by atoms with Gasteiger partial charge in [0.1, 0.15) is 12.1 Å². The maximum atomic E-state index is 13.3. The smallest absolute Gasteiger partial charge is 0.335 e. The van der Waals surface area contributed by atoms with E-state index in [9.17, 15) is 9.18 Å². The number of carboxylic acids is 1. The van der Waals surface area contributed by atoms with Crippen LogP contribution in [0.15, 0.2) is 42.7 Å². The second kappa shape index (κ2) is 4.61. The molecule has 1 N–H and O–H groups in total. The molecule has 0 spiro atoms. The van der Waals surface area contributed by atoms with Crippen LogP contribution in [0.3, 0.4) is 0 Å². The van der Waals surface area contributed by atoms with Gasteiger partial charge in [-0.05, 0) is 36.4 Å². The van der Waals surface area contributed by atoms with Crippen LogP contribution in [0.1, 0.15) is 10.4 Å². The number of fused-ring (bicyclic) bond motifs is 1. The molecular weight excluding hydrogens is 283 g/mol. The highest BCUT2D eigenvalue weighted by molar-refractivity contribution is 6.32. The topological polar surface area (TPSA) is 55.1 Å². The van der Waals surface area contributed by atoms with E-state index in [2.05, 4.69) is 4.98 Å². The minimum absolute atomic E-state index is 0.146. The summed E-state index contributed by atoms with van der Waals surface area (Å²) >= 11 is 6.06. The van der Waals surface area contributed by atoms with E-state index in [1.54, 1.807) is 10.6 Å². The fourth-order valence-electron chi connectivity index (χ4n) is 2.01. The first-order valence-electron chi connectivity index (χ1n) is 5.72. The van der Waals surface area contributed by atoms with E-state index >= 15 is 0 Å². The van der Waals surface area contributed by atoms with E-state index in [0.29, 0.717) is 21.7 Å². The van der Waals surface area contributed by atoms with Crippen molar-refractivity contribution < 1.29 is 14.3 Å². The van der Waals surface area contributed by atoms with Gasteiger partial charge in [-0.25, -0.2) is 14.2 Å². The minimum atomic E-state index is -1.02. The number of aromatic carboxylic acids is 1. The van der Waals surface area contributed by atoms with Gasteiger partial charge in [0.2, 0.25) is 0 Å². The summed E-state index contributed by atoms with van der Waals surface area (Å²) in [6.45, 7) is 0. The molecular formula is C14H8ClFN2O2. The lowest BCUT2D eigenvalue weighted by atomic mass is 10.2. The normalized spacial score (nSPS) is 10.9. The molecule has 100 valence electrons. The fourth-order valence-corrected chi connectivity index (χ4v) is 2.22. The molecule has 1 heterocycles. The van der Waals surface area contributed by atoms with Crippen molar-refractivity contribution in [3.05, 3.63) is 59.1 Å². The van der Waals surface area contributed by atoms with Crippen LogP contribution < -0.4 is 0 Å². The van der Waals surface area contributed by atoms with E-state index in [1.807, 2.05) is 0 Å². The van der Waals surface area contributed by atoms with Gasteiger partial charge in [0.15, 0.2) is 0 Å². The van der Waals surface area contributed by atoms with Crippen LogP contribution in [0, 0.1) is 5.82 Å². The van der Waals surface area contributed by atoms with Crippen LogP contribution in [0.2, 0.25) is 5.02 Å². The van der Waals surface area contributed by atoms with Gasteiger partial charge in [-0.3, -0.25) is 4.57 Å². The second-order valence-corrected chi connectivity index (χ2v) is 4.63. The lowest BCUT2D eigenvalue weighted by Crippen LogP contribution is -1.97. The van der Waals surface area contributed by atoms with Crippen molar-refractivity contribution in [3.8, 4) is 5.69 Å². The van der Waals surface area contributed by atoms with Crippen molar-refractivity contribution in [2.24, 2.45) is 0 Å². The monoisotopic (exact) mass is 290 g/mol. The number of rotatable bonds is 2. The molecule has 1 aromatic heterocycles. The molecule has 6 heteroatoms. The van der Waals surface area contributed by atoms with Crippen molar-refractivity contribution in [1.82, 2.24) is 9.55 Å². The lowest BCUT2D eigenvalue weighted by Gasteiger charge is -2.07. The number of aromatic nitrogens is 2. The Balaban J connectivity index is 2.22. The van der Waals surface area contributed by atoms with Gasteiger partial charge < -0.3 is 5.11 Å². The van der Waals surface area contributed by atoms with Crippen LogP contribution in [-0.4, -0.2) is 20.6 Å². The lowest BCUT2D eigenvalue weighted by molar-refractivity contribution is 0.0697. The Labute approximate surface area is 118 Å². The molecule has 0 saturated heterocycles. The van der Waals surface area contributed by atoms with E-state index in [0.717, 1.165) is 0 Å². The van der Waals surface area contributed by atoms with Crippen LogP contribution in [0.4, 0.5) is 4.39 Å². The molecule has 0 bridgehead atoms. The summed E-state index contributed by atoms with van der Waals surface area (Å²) in [4.78, 5) is 15.0. The van der Waals surface area contributed by atoms with Crippen LogP contribution in [0.25, 0.3) is 16.7 Å². The van der Waals surface area contributed by atoms with Gasteiger partial charge in [0.25, 0.3) is 0 Å². The zero-order valence-corrected chi connectivity index (χ0v) is 10.8. The summed E-state index contributed by atoms with van der Waals surface area (Å²) in [7, 11) is 0. The van der Waals surface area contributed by atoms with Crippen LogP contribution in [0.5, 0.6) is 0 Å². The molecule has 0 amide bonds. The molecule has 0 radical (unpaired) electrons. The maximum absolute atomic E-state index is 13.3. The van der Waals surface area contributed by atoms with Crippen molar-refractivity contribution in [2.45, 2.75) is 0 Å². The number of hydrogen-bond donors (Lipinski definition) is 1. The van der Waals surface area contributed by atoms with Gasteiger partial charge in [-0.15, -0.1) is 0 Å². The number of halogens is 2. The summed E-state index contributed by atoms with van der Waals surface area (Å²) < 4.78 is 15.0. The zero-order valence-electron chi connectivity index (χ0n) is 10.0. The molecule has 0 aliphatic carbocycles. The number of hydrogen-bond acceptors (Lipinski definition) is 2. The third-order valence-electron chi connectivity index (χ3n) is 2.96. The van der Waals surface area contributed by atoms with Gasteiger partial charge in [-0.1, -0.05) is 11.6 Å². The molecule has 0 fully saturated rings. The molecule has 0 saturated carbocycles. The largest absolute Gasteiger partial charge is 0.478 e. The summed E-state index contributed by atoms with van der Waals surface area (Å²) in [6, 6.07) is 8.58. The van der Waals surface area contributed by atoms with Gasteiger partial charge in [0, 0.05) is 0 Å². The number of nitrogens with zero attached hydrogens (tertiary/aromatic N) is 2. The quantitative estimate of drug-likeness (QED) is 0.785. The average Bonchev–Trinajstić information content (AvgIpc) is 2.84. The van der Waals surface area contributed by atoms with Gasteiger partial charge in [-0.2, -0.15) is 0 Å². The van der Waals surface area contributed by atoms with Gasteiger partial charge >= 0.3 is 5.97 Å². The minimum Gasteiger partial charge on any atom is -0.478 e. The van der Waals surface area contributed by atoms with Crippen molar-refractivity contribution in [2.75, 3.05) is 0 Å².